The molecule has 1 unspecified atom stereocenters. The third-order valence-electron chi connectivity index (χ3n) is 12.8. The van der Waals surface area contributed by atoms with E-state index in [1.807, 2.05) is 0 Å². The molecule has 2 heterocycles. The van der Waals surface area contributed by atoms with Crippen LogP contribution in [0, 0.1) is 6.92 Å². The molecular weight excluding hydrogens is 737 g/mol. The lowest BCUT2D eigenvalue weighted by Gasteiger charge is -2.32. The molecule has 1 aromatic heterocycles. The Morgan fingerprint density at radius 1 is 0.443 bits per heavy atom. The lowest BCUT2D eigenvalue weighted by Crippen LogP contribution is -2.24. The zero-order chi connectivity index (χ0) is 40.7. The molecule has 2 nitrogen and oxygen atoms in total. The van der Waals surface area contributed by atoms with Gasteiger partial charge in [0.15, 0.2) is 0 Å². The van der Waals surface area contributed by atoms with Crippen molar-refractivity contribution in [1.82, 2.24) is 4.57 Å². The van der Waals surface area contributed by atoms with Crippen LogP contribution in [0.25, 0.3) is 66.3 Å². The zero-order valence-corrected chi connectivity index (χ0v) is 34.6. The number of hydrogen-bond donors (Lipinski definition) is 0. The van der Waals surface area contributed by atoms with E-state index in [9.17, 15) is 0 Å². The van der Waals surface area contributed by atoms with E-state index in [1.165, 1.54) is 94.4 Å². The number of aromatic nitrogens is 1. The fraction of sp³-hybridized carbons (Fsp3) is 0.119. The fourth-order valence-corrected chi connectivity index (χ4v) is 9.95. The number of fused-ring (bicyclic) bond motifs is 2. The Morgan fingerprint density at radius 2 is 1.00 bits per heavy atom. The minimum atomic E-state index is 0.202. The molecule has 3 aliphatic rings. The van der Waals surface area contributed by atoms with Crippen LogP contribution in [0.15, 0.2) is 218 Å². The zero-order valence-electron chi connectivity index (χ0n) is 34.6. The highest BCUT2D eigenvalue weighted by Gasteiger charge is 2.31. The van der Waals surface area contributed by atoms with E-state index in [2.05, 4.69) is 223 Å². The second-order valence-electron chi connectivity index (χ2n) is 16.6. The Labute approximate surface area is 359 Å². The van der Waals surface area contributed by atoms with Gasteiger partial charge in [0, 0.05) is 17.1 Å². The van der Waals surface area contributed by atoms with Crippen LogP contribution in [-0.2, 0) is 0 Å². The number of benzene rings is 7. The normalized spacial score (nSPS) is 16.2. The van der Waals surface area contributed by atoms with Crippen LogP contribution in [0.2, 0.25) is 0 Å². The third kappa shape index (κ3) is 6.69. The second kappa shape index (κ2) is 15.8. The maximum absolute atomic E-state index is 2.61. The summed E-state index contributed by atoms with van der Waals surface area (Å²) in [5.41, 5.74) is 17.4. The Morgan fingerprint density at radius 3 is 1.64 bits per heavy atom. The highest BCUT2D eigenvalue weighted by Crippen LogP contribution is 2.49. The monoisotopic (exact) mass is 784 g/mol. The van der Waals surface area contributed by atoms with Crippen LogP contribution in [0.3, 0.4) is 0 Å². The molecule has 0 fully saturated rings. The van der Waals surface area contributed by atoms with Gasteiger partial charge in [0.05, 0.1) is 17.4 Å². The Bertz CT molecular complexity index is 3080. The van der Waals surface area contributed by atoms with E-state index in [4.69, 9.17) is 0 Å². The standard InChI is InChI=1S/C59H48N2/c1-41-27-29-47(30-28-41)59-51-34-32-48(60-54(42-17-7-2-8-18-42)35-36-55(60)43-19-9-3-10-20-43)39-52(51)58(46-25-15-6-16-26-46)50-33-31-49(40-53(50)59)61-56(44-21-11-4-12-22-44)37-38-57(61)45-23-13-5-14-24-45/h2,4,6-9,11-13,15-36,38-40,56H,3,5,10,14,37H2,1H3. The summed E-state index contributed by atoms with van der Waals surface area (Å²) in [6.45, 7) is 2.18. The van der Waals surface area contributed by atoms with Crippen molar-refractivity contribution >= 4 is 32.8 Å². The van der Waals surface area contributed by atoms with Crippen molar-refractivity contribution in [3.8, 4) is 39.2 Å². The Kier molecular flexibility index (Phi) is 9.55. The quantitative estimate of drug-likeness (QED) is 0.139. The van der Waals surface area contributed by atoms with Gasteiger partial charge in [-0.1, -0.05) is 175 Å². The summed E-state index contributed by atoms with van der Waals surface area (Å²) in [6.07, 6.45) is 21.8. The van der Waals surface area contributed by atoms with Crippen molar-refractivity contribution in [2.24, 2.45) is 0 Å². The molecule has 2 aliphatic carbocycles. The average molecular weight is 785 g/mol. The van der Waals surface area contributed by atoms with Gasteiger partial charge in [-0.3, -0.25) is 0 Å². The van der Waals surface area contributed by atoms with Gasteiger partial charge in [-0.25, -0.2) is 0 Å². The van der Waals surface area contributed by atoms with Crippen LogP contribution >= 0.6 is 0 Å². The number of nitrogens with zero attached hydrogens (tertiary/aromatic N) is 2. The van der Waals surface area contributed by atoms with Gasteiger partial charge in [-0.15, -0.1) is 0 Å². The molecule has 0 saturated carbocycles. The minimum absolute atomic E-state index is 0.202. The number of allylic oxidation sites excluding steroid dienone is 7. The van der Waals surface area contributed by atoms with Crippen LogP contribution in [0.5, 0.6) is 0 Å². The van der Waals surface area contributed by atoms with E-state index in [0.717, 1.165) is 37.8 Å². The molecule has 0 amide bonds. The minimum Gasteiger partial charge on any atom is -0.333 e. The predicted octanol–water partition coefficient (Wildman–Crippen LogP) is 15.9. The van der Waals surface area contributed by atoms with Crippen molar-refractivity contribution in [3.05, 3.63) is 234 Å². The van der Waals surface area contributed by atoms with E-state index < -0.39 is 0 Å². The Hall–Kier alpha value is -7.16. The summed E-state index contributed by atoms with van der Waals surface area (Å²) in [5, 5.41) is 5.00. The SMILES string of the molecule is Cc1ccc(-c2c3ccc(-n4c(C5=CCCC=C5)ccc4-c4ccccc4)cc3c(-c3ccccc3)c3ccc(N4C(C5=CCCC=C5)=CCC4c4ccccc4)cc23)cc1. The molecular formula is C59H48N2. The van der Waals surface area contributed by atoms with Crippen molar-refractivity contribution < 1.29 is 0 Å². The first-order valence-corrected chi connectivity index (χ1v) is 21.9. The van der Waals surface area contributed by atoms with Crippen LogP contribution in [0.4, 0.5) is 5.69 Å². The van der Waals surface area contributed by atoms with Crippen LogP contribution < -0.4 is 4.90 Å². The molecule has 7 aromatic carbocycles. The summed E-state index contributed by atoms with van der Waals surface area (Å²) < 4.78 is 2.48. The molecule has 2 heteroatoms. The fourth-order valence-electron chi connectivity index (χ4n) is 9.95. The van der Waals surface area contributed by atoms with Crippen molar-refractivity contribution in [2.45, 2.75) is 45.1 Å². The van der Waals surface area contributed by atoms with E-state index in [-0.39, 0.29) is 6.04 Å². The summed E-state index contributed by atoms with van der Waals surface area (Å²) in [5.74, 6) is 0. The first kappa shape index (κ1) is 36.9. The molecule has 0 N–H and O–H groups in total. The summed E-state index contributed by atoms with van der Waals surface area (Å²) in [4.78, 5) is 2.61. The largest absolute Gasteiger partial charge is 0.333 e. The molecule has 294 valence electrons. The molecule has 1 atom stereocenters. The van der Waals surface area contributed by atoms with Gasteiger partial charge in [-0.05, 0) is 141 Å². The topological polar surface area (TPSA) is 8.17 Å². The number of aryl methyl sites for hydroxylation is 1. The van der Waals surface area contributed by atoms with Crippen molar-refractivity contribution in [1.29, 1.82) is 0 Å². The van der Waals surface area contributed by atoms with Gasteiger partial charge in [0.25, 0.3) is 0 Å². The Balaban J connectivity index is 1.20. The maximum Gasteiger partial charge on any atom is 0.0626 e. The van der Waals surface area contributed by atoms with Crippen LogP contribution in [-0.4, -0.2) is 4.57 Å². The molecule has 8 aromatic rings. The van der Waals surface area contributed by atoms with E-state index in [0.29, 0.717) is 0 Å². The van der Waals surface area contributed by atoms with Crippen molar-refractivity contribution in [2.75, 3.05) is 4.90 Å². The second-order valence-corrected chi connectivity index (χ2v) is 16.6. The highest BCUT2D eigenvalue weighted by atomic mass is 15.2. The molecule has 0 bridgehead atoms. The molecule has 0 radical (unpaired) electrons. The maximum atomic E-state index is 2.61. The van der Waals surface area contributed by atoms with E-state index >= 15 is 0 Å². The molecule has 61 heavy (non-hydrogen) atoms. The smallest absolute Gasteiger partial charge is 0.0626 e. The summed E-state index contributed by atoms with van der Waals surface area (Å²) >= 11 is 0. The third-order valence-corrected chi connectivity index (χ3v) is 12.8. The lowest BCUT2D eigenvalue weighted by molar-refractivity contribution is 0.733. The summed E-state index contributed by atoms with van der Waals surface area (Å²) in [6, 6.07) is 61.4. The number of rotatable bonds is 8. The average Bonchev–Trinajstić information content (AvgIpc) is 3.99. The first-order valence-electron chi connectivity index (χ1n) is 21.9. The van der Waals surface area contributed by atoms with Crippen molar-refractivity contribution in [3.63, 3.8) is 0 Å². The number of anilines is 1. The first-order chi connectivity index (χ1) is 30.2. The van der Waals surface area contributed by atoms with Crippen LogP contribution in [0.1, 0.15) is 55.0 Å². The van der Waals surface area contributed by atoms with Gasteiger partial charge >= 0.3 is 0 Å². The molecule has 1 aliphatic heterocycles. The van der Waals surface area contributed by atoms with Gasteiger partial charge < -0.3 is 9.47 Å². The van der Waals surface area contributed by atoms with Gasteiger partial charge in [-0.2, -0.15) is 0 Å². The lowest BCUT2D eigenvalue weighted by atomic mass is 9.85. The molecule has 0 spiro atoms. The highest BCUT2D eigenvalue weighted by molar-refractivity contribution is 6.22. The predicted molar refractivity (Wildman–Crippen MR) is 259 cm³/mol. The number of hydrogen-bond acceptors (Lipinski definition) is 1. The molecule has 0 saturated heterocycles. The summed E-state index contributed by atoms with van der Waals surface area (Å²) in [7, 11) is 0. The van der Waals surface area contributed by atoms with Gasteiger partial charge in [0.2, 0.25) is 0 Å². The van der Waals surface area contributed by atoms with Gasteiger partial charge in [0.1, 0.15) is 0 Å². The molecule has 11 rings (SSSR count). The van der Waals surface area contributed by atoms with E-state index in [1.54, 1.807) is 0 Å².